The molecule has 0 aliphatic rings. The largest absolute Gasteiger partial charge is 0.459 e. The molecule has 0 amide bonds. The number of hydrogen-bond donors (Lipinski definition) is 0. The van der Waals surface area contributed by atoms with Crippen molar-refractivity contribution in [3.8, 4) is 0 Å². The molecule has 0 spiro atoms. The molecule has 0 radical (unpaired) electrons. The SMILES string of the molecule is CCC=C(C)C(=O)OC(C)CC. The van der Waals surface area contributed by atoms with Gasteiger partial charge < -0.3 is 4.74 Å². The highest BCUT2D eigenvalue weighted by Crippen LogP contribution is 2.03. The Labute approximate surface area is 74.6 Å². The van der Waals surface area contributed by atoms with Gasteiger partial charge in [-0.25, -0.2) is 4.79 Å². The standard InChI is InChI=1S/C10H18O2/c1-5-7-8(3)10(11)12-9(4)6-2/h7,9H,5-6H2,1-4H3. The van der Waals surface area contributed by atoms with E-state index in [1.54, 1.807) is 6.92 Å². The van der Waals surface area contributed by atoms with Crippen LogP contribution in [0.2, 0.25) is 0 Å². The molecule has 0 aliphatic carbocycles. The second-order valence-electron chi connectivity index (χ2n) is 2.92. The lowest BCUT2D eigenvalue weighted by atomic mass is 10.2. The Morgan fingerprint density at radius 3 is 2.50 bits per heavy atom. The van der Waals surface area contributed by atoms with Gasteiger partial charge >= 0.3 is 5.97 Å². The molecule has 2 nitrogen and oxygen atoms in total. The zero-order valence-electron chi connectivity index (χ0n) is 8.39. The van der Waals surface area contributed by atoms with Crippen molar-refractivity contribution in [2.75, 3.05) is 0 Å². The van der Waals surface area contributed by atoms with E-state index in [4.69, 9.17) is 4.74 Å². The molecular formula is C10H18O2. The molecule has 0 heterocycles. The smallest absolute Gasteiger partial charge is 0.333 e. The van der Waals surface area contributed by atoms with Crippen molar-refractivity contribution in [3.05, 3.63) is 11.6 Å². The quantitative estimate of drug-likeness (QED) is 0.479. The number of rotatable bonds is 4. The number of allylic oxidation sites excluding steroid dienone is 1. The average Bonchev–Trinajstić information content (AvgIpc) is 2.04. The van der Waals surface area contributed by atoms with Crippen molar-refractivity contribution in [3.63, 3.8) is 0 Å². The van der Waals surface area contributed by atoms with E-state index in [9.17, 15) is 4.79 Å². The first-order chi connectivity index (χ1) is 5.61. The fourth-order valence-electron chi connectivity index (χ4n) is 0.749. The van der Waals surface area contributed by atoms with Crippen LogP contribution in [0, 0.1) is 0 Å². The molecule has 1 unspecified atom stereocenters. The molecule has 0 aromatic heterocycles. The summed E-state index contributed by atoms with van der Waals surface area (Å²) < 4.78 is 5.11. The van der Waals surface area contributed by atoms with Gasteiger partial charge in [0.2, 0.25) is 0 Å². The zero-order chi connectivity index (χ0) is 9.56. The summed E-state index contributed by atoms with van der Waals surface area (Å²) in [5.41, 5.74) is 0.706. The minimum absolute atomic E-state index is 0.0257. The first-order valence-electron chi connectivity index (χ1n) is 4.49. The van der Waals surface area contributed by atoms with Crippen LogP contribution in [0.1, 0.15) is 40.5 Å². The molecule has 1 atom stereocenters. The fraction of sp³-hybridized carbons (Fsp3) is 0.700. The Balaban J connectivity index is 3.95. The number of hydrogen-bond acceptors (Lipinski definition) is 2. The van der Waals surface area contributed by atoms with Gasteiger partial charge in [0.05, 0.1) is 6.10 Å². The van der Waals surface area contributed by atoms with Crippen LogP contribution in [0.25, 0.3) is 0 Å². The van der Waals surface area contributed by atoms with Crippen LogP contribution < -0.4 is 0 Å². The van der Waals surface area contributed by atoms with Crippen LogP contribution in [0.3, 0.4) is 0 Å². The van der Waals surface area contributed by atoms with Gasteiger partial charge in [-0.15, -0.1) is 0 Å². The van der Waals surface area contributed by atoms with Crippen molar-refractivity contribution in [2.45, 2.75) is 46.6 Å². The molecule has 0 fully saturated rings. The summed E-state index contributed by atoms with van der Waals surface area (Å²) in [6.07, 6.45) is 3.65. The maximum atomic E-state index is 11.2. The van der Waals surface area contributed by atoms with Crippen LogP contribution in [0.4, 0.5) is 0 Å². The lowest BCUT2D eigenvalue weighted by molar-refractivity contribution is -0.143. The van der Waals surface area contributed by atoms with Gasteiger partial charge in [-0.2, -0.15) is 0 Å². The van der Waals surface area contributed by atoms with E-state index in [0.29, 0.717) is 5.57 Å². The molecule has 0 aliphatic heterocycles. The minimum atomic E-state index is -0.189. The first kappa shape index (κ1) is 11.2. The lowest BCUT2D eigenvalue weighted by Crippen LogP contribution is -2.14. The fourth-order valence-corrected chi connectivity index (χ4v) is 0.749. The summed E-state index contributed by atoms with van der Waals surface area (Å²) >= 11 is 0. The van der Waals surface area contributed by atoms with Gasteiger partial charge in [-0.3, -0.25) is 0 Å². The Morgan fingerprint density at radius 1 is 1.50 bits per heavy atom. The molecule has 0 bridgehead atoms. The number of ether oxygens (including phenoxy) is 1. The van der Waals surface area contributed by atoms with E-state index < -0.39 is 0 Å². The summed E-state index contributed by atoms with van der Waals surface area (Å²) in [7, 11) is 0. The van der Waals surface area contributed by atoms with Gasteiger partial charge in [0.15, 0.2) is 0 Å². The Bertz CT molecular complexity index is 171. The molecule has 2 heteroatoms. The molecule has 12 heavy (non-hydrogen) atoms. The molecule has 0 N–H and O–H groups in total. The van der Waals surface area contributed by atoms with Crippen LogP contribution in [-0.2, 0) is 9.53 Å². The highest BCUT2D eigenvalue weighted by molar-refractivity contribution is 5.87. The van der Waals surface area contributed by atoms with E-state index in [1.807, 2.05) is 26.8 Å². The molecule has 0 saturated heterocycles. The zero-order valence-corrected chi connectivity index (χ0v) is 8.39. The third kappa shape index (κ3) is 4.16. The molecule has 0 rings (SSSR count). The Hall–Kier alpha value is -0.790. The van der Waals surface area contributed by atoms with Crippen molar-refractivity contribution < 1.29 is 9.53 Å². The van der Waals surface area contributed by atoms with E-state index in [2.05, 4.69) is 0 Å². The second-order valence-corrected chi connectivity index (χ2v) is 2.92. The van der Waals surface area contributed by atoms with Crippen LogP contribution in [0.15, 0.2) is 11.6 Å². The van der Waals surface area contributed by atoms with Crippen molar-refractivity contribution in [2.24, 2.45) is 0 Å². The summed E-state index contributed by atoms with van der Waals surface area (Å²) in [4.78, 5) is 11.2. The predicted octanol–water partition coefficient (Wildman–Crippen LogP) is 2.68. The van der Waals surface area contributed by atoms with Crippen LogP contribution in [0.5, 0.6) is 0 Å². The van der Waals surface area contributed by atoms with Gasteiger partial charge in [0.1, 0.15) is 0 Å². The van der Waals surface area contributed by atoms with E-state index in [-0.39, 0.29) is 12.1 Å². The summed E-state index contributed by atoms with van der Waals surface area (Å²) in [6, 6.07) is 0. The third-order valence-electron chi connectivity index (χ3n) is 1.72. The van der Waals surface area contributed by atoms with Crippen molar-refractivity contribution in [1.82, 2.24) is 0 Å². The maximum absolute atomic E-state index is 11.2. The monoisotopic (exact) mass is 170 g/mol. The number of carbonyl (C=O) groups is 1. The minimum Gasteiger partial charge on any atom is -0.459 e. The highest BCUT2D eigenvalue weighted by Gasteiger charge is 2.08. The molecular weight excluding hydrogens is 152 g/mol. The van der Waals surface area contributed by atoms with E-state index >= 15 is 0 Å². The van der Waals surface area contributed by atoms with Gasteiger partial charge in [-0.1, -0.05) is 19.9 Å². The summed E-state index contributed by atoms with van der Waals surface area (Å²) in [6.45, 7) is 7.68. The first-order valence-corrected chi connectivity index (χ1v) is 4.49. The summed E-state index contributed by atoms with van der Waals surface area (Å²) in [5.74, 6) is -0.189. The van der Waals surface area contributed by atoms with Gasteiger partial charge in [0, 0.05) is 5.57 Å². The lowest BCUT2D eigenvalue weighted by Gasteiger charge is -2.10. The molecule has 70 valence electrons. The molecule has 0 aromatic carbocycles. The number of esters is 1. The Kier molecular flexibility index (Phi) is 5.43. The third-order valence-corrected chi connectivity index (χ3v) is 1.72. The van der Waals surface area contributed by atoms with Crippen LogP contribution in [-0.4, -0.2) is 12.1 Å². The van der Waals surface area contributed by atoms with E-state index in [1.165, 1.54) is 0 Å². The predicted molar refractivity (Wildman–Crippen MR) is 49.9 cm³/mol. The van der Waals surface area contributed by atoms with Crippen molar-refractivity contribution in [1.29, 1.82) is 0 Å². The van der Waals surface area contributed by atoms with Gasteiger partial charge in [0.25, 0.3) is 0 Å². The normalized spacial score (nSPS) is 14.2. The maximum Gasteiger partial charge on any atom is 0.333 e. The average molecular weight is 170 g/mol. The van der Waals surface area contributed by atoms with Crippen LogP contribution >= 0.6 is 0 Å². The summed E-state index contributed by atoms with van der Waals surface area (Å²) in [5, 5.41) is 0. The topological polar surface area (TPSA) is 26.3 Å². The Morgan fingerprint density at radius 2 is 2.08 bits per heavy atom. The van der Waals surface area contributed by atoms with E-state index in [0.717, 1.165) is 12.8 Å². The highest BCUT2D eigenvalue weighted by atomic mass is 16.5. The number of carbonyl (C=O) groups excluding carboxylic acids is 1. The molecule has 0 saturated carbocycles. The molecule has 0 aromatic rings. The van der Waals surface area contributed by atoms with Crippen molar-refractivity contribution >= 4 is 5.97 Å². The van der Waals surface area contributed by atoms with Gasteiger partial charge in [-0.05, 0) is 26.7 Å². The second kappa shape index (κ2) is 5.81.